The van der Waals surface area contributed by atoms with Crippen molar-refractivity contribution in [2.24, 2.45) is 0 Å². The van der Waals surface area contributed by atoms with Crippen LogP contribution in [0, 0.1) is 0 Å². The molecule has 2 aromatic carbocycles. The summed E-state index contributed by atoms with van der Waals surface area (Å²) >= 11 is 0. The van der Waals surface area contributed by atoms with Gasteiger partial charge in [-0.15, -0.1) is 0 Å². The van der Waals surface area contributed by atoms with Crippen LogP contribution in [0.4, 0.5) is 0 Å². The summed E-state index contributed by atoms with van der Waals surface area (Å²) in [5.41, 5.74) is 2.63. The van der Waals surface area contributed by atoms with E-state index in [1.54, 1.807) is 30.3 Å². The molecule has 0 spiro atoms. The molecule has 23 heavy (non-hydrogen) atoms. The molecule has 1 aromatic heterocycles. The number of aliphatic hydroxyl groups excluding tert-OH is 1. The monoisotopic (exact) mass is 309 g/mol. The standard InChI is InChI=1S/C18H15NO4/c20-11-13-6-8-15(9-7-13)18(21)22-12-16-10-17(23-19-16)14-4-2-1-3-5-14/h1-10,20H,11-12H2. The topological polar surface area (TPSA) is 72.6 Å². The Morgan fingerprint density at radius 3 is 2.52 bits per heavy atom. The highest BCUT2D eigenvalue weighted by atomic mass is 16.5. The van der Waals surface area contributed by atoms with Gasteiger partial charge >= 0.3 is 5.97 Å². The second-order valence-electron chi connectivity index (χ2n) is 4.98. The molecule has 0 unspecified atom stereocenters. The van der Waals surface area contributed by atoms with E-state index >= 15 is 0 Å². The Hall–Kier alpha value is -2.92. The summed E-state index contributed by atoms with van der Waals surface area (Å²) < 4.78 is 10.5. The highest BCUT2D eigenvalue weighted by Gasteiger charge is 2.11. The molecule has 5 nitrogen and oxygen atoms in total. The molecule has 116 valence electrons. The summed E-state index contributed by atoms with van der Waals surface area (Å²) in [6, 6.07) is 17.9. The summed E-state index contributed by atoms with van der Waals surface area (Å²) in [5, 5.41) is 12.9. The number of aliphatic hydroxyl groups is 1. The summed E-state index contributed by atoms with van der Waals surface area (Å²) in [5.74, 6) is 0.183. The normalized spacial score (nSPS) is 10.5. The van der Waals surface area contributed by atoms with Crippen LogP contribution in [-0.4, -0.2) is 16.2 Å². The van der Waals surface area contributed by atoms with Gasteiger partial charge in [0.05, 0.1) is 12.2 Å². The molecule has 1 heterocycles. The van der Waals surface area contributed by atoms with E-state index in [4.69, 9.17) is 14.4 Å². The van der Waals surface area contributed by atoms with Crippen molar-refractivity contribution in [2.45, 2.75) is 13.2 Å². The van der Waals surface area contributed by atoms with Crippen LogP contribution in [0.15, 0.2) is 65.2 Å². The fraction of sp³-hybridized carbons (Fsp3) is 0.111. The molecule has 0 amide bonds. The van der Waals surface area contributed by atoms with E-state index < -0.39 is 5.97 Å². The molecular weight excluding hydrogens is 294 g/mol. The van der Waals surface area contributed by atoms with Gasteiger partial charge in [-0.1, -0.05) is 47.6 Å². The lowest BCUT2D eigenvalue weighted by Crippen LogP contribution is -2.05. The molecule has 0 saturated carbocycles. The number of aromatic nitrogens is 1. The molecule has 0 aliphatic carbocycles. The third kappa shape index (κ3) is 3.64. The smallest absolute Gasteiger partial charge is 0.338 e. The number of ether oxygens (including phenoxy) is 1. The van der Waals surface area contributed by atoms with Crippen molar-refractivity contribution in [1.29, 1.82) is 0 Å². The first-order valence-electron chi connectivity index (χ1n) is 7.14. The van der Waals surface area contributed by atoms with Crippen molar-refractivity contribution in [3.8, 4) is 11.3 Å². The average Bonchev–Trinajstić information content (AvgIpc) is 3.09. The molecular formula is C18H15NO4. The predicted molar refractivity (Wildman–Crippen MR) is 83.4 cm³/mol. The Morgan fingerprint density at radius 2 is 1.83 bits per heavy atom. The van der Waals surface area contributed by atoms with Crippen LogP contribution in [0.3, 0.4) is 0 Å². The van der Waals surface area contributed by atoms with E-state index in [0.29, 0.717) is 17.0 Å². The number of rotatable bonds is 5. The first-order valence-corrected chi connectivity index (χ1v) is 7.14. The van der Waals surface area contributed by atoms with Crippen LogP contribution in [-0.2, 0) is 18.0 Å². The average molecular weight is 309 g/mol. The fourth-order valence-corrected chi connectivity index (χ4v) is 2.09. The van der Waals surface area contributed by atoms with Crippen LogP contribution >= 0.6 is 0 Å². The molecule has 0 saturated heterocycles. The van der Waals surface area contributed by atoms with Gasteiger partial charge in [0.1, 0.15) is 12.3 Å². The van der Waals surface area contributed by atoms with Crippen molar-refractivity contribution >= 4 is 5.97 Å². The predicted octanol–water partition coefficient (Wildman–Crippen LogP) is 3.19. The van der Waals surface area contributed by atoms with Gasteiger partial charge in [0.25, 0.3) is 0 Å². The van der Waals surface area contributed by atoms with Crippen LogP contribution < -0.4 is 0 Å². The molecule has 0 aliphatic heterocycles. The van der Waals surface area contributed by atoms with Gasteiger partial charge < -0.3 is 14.4 Å². The van der Waals surface area contributed by atoms with Crippen molar-refractivity contribution in [1.82, 2.24) is 5.16 Å². The highest BCUT2D eigenvalue weighted by Crippen LogP contribution is 2.20. The Kier molecular flexibility index (Phi) is 4.49. The molecule has 1 N–H and O–H groups in total. The van der Waals surface area contributed by atoms with Crippen molar-refractivity contribution < 1.29 is 19.2 Å². The lowest BCUT2D eigenvalue weighted by Gasteiger charge is -2.03. The van der Waals surface area contributed by atoms with E-state index in [9.17, 15) is 4.79 Å². The Balaban J connectivity index is 1.62. The summed E-state index contributed by atoms with van der Waals surface area (Å²) in [6.45, 7) is -0.0204. The zero-order valence-corrected chi connectivity index (χ0v) is 12.3. The van der Waals surface area contributed by atoms with Crippen LogP contribution in [0.5, 0.6) is 0 Å². The van der Waals surface area contributed by atoms with E-state index in [2.05, 4.69) is 5.16 Å². The summed E-state index contributed by atoms with van der Waals surface area (Å²) in [4.78, 5) is 12.0. The SMILES string of the molecule is O=C(OCc1cc(-c2ccccc2)on1)c1ccc(CO)cc1. The maximum Gasteiger partial charge on any atom is 0.338 e. The van der Waals surface area contributed by atoms with Crippen LogP contribution in [0.25, 0.3) is 11.3 Å². The largest absolute Gasteiger partial charge is 0.455 e. The summed E-state index contributed by atoms with van der Waals surface area (Å²) in [7, 11) is 0. The van der Waals surface area contributed by atoms with Gasteiger partial charge in [0, 0.05) is 11.6 Å². The maximum absolute atomic E-state index is 12.0. The molecule has 0 aliphatic rings. The zero-order chi connectivity index (χ0) is 16.1. The lowest BCUT2D eigenvalue weighted by molar-refractivity contribution is 0.0464. The van der Waals surface area contributed by atoms with E-state index in [-0.39, 0.29) is 13.2 Å². The zero-order valence-electron chi connectivity index (χ0n) is 12.3. The van der Waals surface area contributed by atoms with E-state index in [0.717, 1.165) is 11.1 Å². The molecule has 3 rings (SSSR count). The summed E-state index contributed by atoms with van der Waals surface area (Å²) in [6.07, 6.45) is 0. The van der Waals surface area contributed by atoms with E-state index in [1.165, 1.54) is 0 Å². The minimum absolute atomic E-state index is 0.0386. The molecule has 3 aromatic rings. The lowest BCUT2D eigenvalue weighted by atomic mass is 10.1. The Bertz CT molecular complexity index is 778. The number of hydrogen-bond donors (Lipinski definition) is 1. The third-order valence-corrected chi connectivity index (χ3v) is 3.34. The quantitative estimate of drug-likeness (QED) is 0.733. The van der Waals surface area contributed by atoms with E-state index in [1.807, 2.05) is 30.3 Å². The number of nitrogens with zero attached hydrogens (tertiary/aromatic N) is 1. The molecule has 0 radical (unpaired) electrons. The van der Waals surface area contributed by atoms with Crippen molar-refractivity contribution in [3.63, 3.8) is 0 Å². The second-order valence-corrected chi connectivity index (χ2v) is 4.98. The minimum atomic E-state index is -0.446. The van der Waals surface area contributed by atoms with Gasteiger partial charge in [-0.25, -0.2) is 4.79 Å². The molecule has 0 fully saturated rings. The van der Waals surface area contributed by atoms with Gasteiger partial charge in [-0.2, -0.15) is 0 Å². The van der Waals surface area contributed by atoms with Gasteiger partial charge in [0.15, 0.2) is 5.76 Å². The number of benzene rings is 2. The van der Waals surface area contributed by atoms with Crippen molar-refractivity contribution in [3.05, 3.63) is 77.5 Å². The molecule has 0 atom stereocenters. The Labute approximate surface area is 133 Å². The molecule has 0 bridgehead atoms. The number of carbonyl (C=O) groups is 1. The first-order chi connectivity index (χ1) is 11.3. The third-order valence-electron chi connectivity index (χ3n) is 3.34. The second kappa shape index (κ2) is 6.89. The number of hydrogen-bond acceptors (Lipinski definition) is 5. The van der Waals surface area contributed by atoms with Crippen LogP contribution in [0.2, 0.25) is 0 Å². The fourth-order valence-electron chi connectivity index (χ4n) is 2.09. The van der Waals surface area contributed by atoms with Gasteiger partial charge in [0.2, 0.25) is 0 Å². The minimum Gasteiger partial charge on any atom is -0.455 e. The molecule has 5 heteroatoms. The van der Waals surface area contributed by atoms with Gasteiger partial charge in [-0.05, 0) is 17.7 Å². The first kappa shape index (κ1) is 15.0. The Morgan fingerprint density at radius 1 is 1.09 bits per heavy atom. The van der Waals surface area contributed by atoms with Crippen LogP contribution in [0.1, 0.15) is 21.6 Å². The van der Waals surface area contributed by atoms with Crippen molar-refractivity contribution in [2.75, 3.05) is 0 Å². The highest BCUT2D eigenvalue weighted by molar-refractivity contribution is 5.89. The maximum atomic E-state index is 12.0. The number of esters is 1. The van der Waals surface area contributed by atoms with Gasteiger partial charge in [-0.3, -0.25) is 0 Å². The number of carbonyl (C=O) groups excluding carboxylic acids is 1.